The fourth-order valence-corrected chi connectivity index (χ4v) is 5.08. The van der Waals surface area contributed by atoms with Gasteiger partial charge in [0.2, 0.25) is 0 Å². The maximum Gasteiger partial charge on any atom is 0.323 e. The summed E-state index contributed by atoms with van der Waals surface area (Å²) in [6, 6.07) is 12.5. The number of carbonyl (C=O) groups excluding carboxylic acids is 1. The molecule has 2 aromatic carbocycles. The van der Waals surface area contributed by atoms with E-state index in [2.05, 4.69) is 40.2 Å². The molecule has 1 N–H and O–H groups in total. The third-order valence-electron chi connectivity index (χ3n) is 6.70. The van der Waals surface area contributed by atoms with E-state index in [4.69, 9.17) is 4.74 Å². The van der Waals surface area contributed by atoms with Crippen LogP contribution in [0, 0.1) is 5.82 Å². The lowest BCUT2D eigenvalue weighted by Crippen LogP contribution is -2.64. The van der Waals surface area contributed by atoms with E-state index in [1.807, 2.05) is 4.90 Å². The molecular formula is C23H27FN4O2. The largest absolute Gasteiger partial charge is 0.491 e. The normalized spacial score (nSPS) is 24.0. The van der Waals surface area contributed by atoms with Crippen LogP contribution in [0.3, 0.4) is 0 Å². The van der Waals surface area contributed by atoms with E-state index in [9.17, 15) is 9.18 Å². The number of hydrogen-bond donors (Lipinski definition) is 1. The van der Waals surface area contributed by atoms with Gasteiger partial charge < -0.3 is 15.0 Å². The van der Waals surface area contributed by atoms with Gasteiger partial charge in [-0.15, -0.1) is 0 Å². The molecule has 2 amide bonds. The maximum absolute atomic E-state index is 13.5. The molecule has 0 saturated carbocycles. The van der Waals surface area contributed by atoms with E-state index in [1.165, 1.54) is 23.4 Å². The van der Waals surface area contributed by atoms with Crippen molar-refractivity contribution < 1.29 is 13.9 Å². The van der Waals surface area contributed by atoms with Crippen LogP contribution in [0.25, 0.3) is 0 Å². The minimum absolute atomic E-state index is 0.125. The number of urea groups is 1. The molecule has 0 aromatic heterocycles. The first-order valence-electron chi connectivity index (χ1n) is 10.7. The summed E-state index contributed by atoms with van der Waals surface area (Å²) in [5, 5.41) is 3.02. The molecule has 3 heterocycles. The highest BCUT2D eigenvalue weighted by atomic mass is 19.1. The van der Waals surface area contributed by atoms with Crippen molar-refractivity contribution in [1.82, 2.24) is 10.2 Å². The summed E-state index contributed by atoms with van der Waals surface area (Å²) < 4.78 is 19.4. The second kappa shape index (κ2) is 7.47. The summed E-state index contributed by atoms with van der Waals surface area (Å²) in [6.45, 7) is 6.84. The van der Waals surface area contributed by atoms with Gasteiger partial charge in [-0.2, -0.15) is 0 Å². The molecule has 5 rings (SSSR count). The third kappa shape index (κ3) is 2.99. The molecule has 2 saturated heterocycles. The molecule has 30 heavy (non-hydrogen) atoms. The third-order valence-corrected chi connectivity index (χ3v) is 6.70. The Morgan fingerprint density at radius 3 is 2.60 bits per heavy atom. The number of piperazine rings is 1. The van der Waals surface area contributed by atoms with Crippen molar-refractivity contribution in [1.29, 1.82) is 0 Å². The fourth-order valence-electron chi connectivity index (χ4n) is 5.08. The summed E-state index contributed by atoms with van der Waals surface area (Å²) >= 11 is 0. The monoisotopic (exact) mass is 410 g/mol. The van der Waals surface area contributed by atoms with Crippen molar-refractivity contribution in [3.05, 3.63) is 53.8 Å². The number of rotatable bonds is 4. The van der Waals surface area contributed by atoms with Crippen LogP contribution in [0.5, 0.6) is 5.75 Å². The minimum atomic E-state index is -0.448. The fraction of sp³-hybridized carbons (Fsp3) is 0.435. The van der Waals surface area contributed by atoms with Gasteiger partial charge in [0.1, 0.15) is 17.2 Å². The number of nitrogens with zero attached hydrogens (tertiary/aromatic N) is 3. The van der Waals surface area contributed by atoms with Gasteiger partial charge in [-0.3, -0.25) is 9.80 Å². The molecule has 2 aromatic rings. The summed E-state index contributed by atoms with van der Waals surface area (Å²) in [4.78, 5) is 19.4. The van der Waals surface area contributed by atoms with Crippen LogP contribution in [0.2, 0.25) is 0 Å². The highest BCUT2D eigenvalue weighted by Crippen LogP contribution is 2.38. The molecular weight excluding hydrogens is 383 g/mol. The van der Waals surface area contributed by atoms with E-state index in [0.717, 1.165) is 57.1 Å². The molecule has 0 bridgehead atoms. The second-order valence-corrected chi connectivity index (χ2v) is 8.14. The van der Waals surface area contributed by atoms with Crippen molar-refractivity contribution >= 4 is 17.4 Å². The van der Waals surface area contributed by atoms with Crippen LogP contribution in [0.4, 0.5) is 20.6 Å². The lowest BCUT2D eigenvalue weighted by molar-refractivity contribution is 0.0953. The minimum Gasteiger partial charge on any atom is -0.491 e. The van der Waals surface area contributed by atoms with Crippen molar-refractivity contribution in [2.24, 2.45) is 0 Å². The first kappa shape index (κ1) is 19.2. The molecule has 1 unspecified atom stereocenters. The van der Waals surface area contributed by atoms with Crippen LogP contribution < -0.4 is 19.9 Å². The van der Waals surface area contributed by atoms with Crippen LogP contribution in [0.1, 0.15) is 18.9 Å². The van der Waals surface area contributed by atoms with Gasteiger partial charge in [-0.1, -0.05) is 19.1 Å². The van der Waals surface area contributed by atoms with Gasteiger partial charge in [0.05, 0.1) is 18.8 Å². The number of benzene rings is 2. The van der Waals surface area contributed by atoms with Gasteiger partial charge >= 0.3 is 6.03 Å². The van der Waals surface area contributed by atoms with Crippen LogP contribution >= 0.6 is 0 Å². The zero-order valence-electron chi connectivity index (χ0n) is 17.2. The number of ether oxygens (including phenoxy) is 1. The Hall–Kier alpha value is -2.80. The predicted octanol–water partition coefficient (Wildman–Crippen LogP) is 3.22. The molecule has 0 radical (unpaired) electrons. The molecule has 0 spiro atoms. The van der Waals surface area contributed by atoms with E-state index < -0.39 is 5.66 Å². The Balaban J connectivity index is 1.38. The molecule has 3 aliphatic rings. The highest BCUT2D eigenvalue weighted by molar-refractivity contribution is 5.96. The van der Waals surface area contributed by atoms with E-state index >= 15 is 0 Å². The lowest BCUT2D eigenvalue weighted by Gasteiger charge is -2.49. The molecule has 7 heteroatoms. The average Bonchev–Trinajstić information content (AvgIpc) is 3.39. The molecule has 0 aliphatic carbocycles. The Morgan fingerprint density at radius 1 is 1.10 bits per heavy atom. The lowest BCUT2D eigenvalue weighted by atomic mass is 10.0. The first-order chi connectivity index (χ1) is 14.6. The molecule has 2 fully saturated rings. The van der Waals surface area contributed by atoms with E-state index in [0.29, 0.717) is 6.54 Å². The maximum atomic E-state index is 13.5. The molecule has 158 valence electrons. The SMILES string of the molecule is CCC1(N2CCN(c3cccc4c3OCC4)CC2)CNC(=O)N1c1ccc(F)cc1. The topological polar surface area (TPSA) is 48.1 Å². The Morgan fingerprint density at radius 2 is 1.87 bits per heavy atom. The number of anilines is 2. The van der Waals surface area contributed by atoms with E-state index in [-0.39, 0.29) is 11.8 Å². The first-order valence-corrected chi connectivity index (χ1v) is 10.7. The Bertz CT molecular complexity index is 943. The zero-order valence-corrected chi connectivity index (χ0v) is 17.2. The van der Waals surface area contributed by atoms with Crippen LogP contribution in [-0.4, -0.2) is 55.9 Å². The van der Waals surface area contributed by atoms with Crippen LogP contribution in [-0.2, 0) is 6.42 Å². The van der Waals surface area contributed by atoms with Crippen molar-refractivity contribution in [3.8, 4) is 5.75 Å². The van der Waals surface area contributed by atoms with Gasteiger partial charge in [0, 0.05) is 38.3 Å². The molecule has 6 nitrogen and oxygen atoms in total. The van der Waals surface area contributed by atoms with Crippen LogP contribution in [0.15, 0.2) is 42.5 Å². The van der Waals surface area contributed by atoms with Gasteiger partial charge in [0.25, 0.3) is 0 Å². The summed E-state index contributed by atoms with van der Waals surface area (Å²) in [5.74, 6) is 0.730. The average molecular weight is 410 g/mol. The number of halogens is 1. The Kier molecular flexibility index (Phi) is 4.77. The van der Waals surface area contributed by atoms with Crippen molar-refractivity contribution in [3.63, 3.8) is 0 Å². The standard InChI is InChI=1S/C23H27FN4O2/c1-2-23(16-25-22(29)28(23)19-8-6-18(24)7-9-19)27-13-11-26(12-14-27)20-5-3-4-17-10-15-30-21(17)20/h3-9H,2,10-16H2,1H3,(H,25,29). The molecule has 3 aliphatic heterocycles. The predicted molar refractivity (Wildman–Crippen MR) is 115 cm³/mol. The number of carbonyl (C=O) groups is 1. The van der Waals surface area contributed by atoms with Gasteiger partial charge in [-0.25, -0.2) is 9.18 Å². The molecule has 1 atom stereocenters. The summed E-state index contributed by atoms with van der Waals surface area (Å²) in [6.07, 6.45) is 1.76. The number of para-hydroxylation sites is 1. The van der Waals surface area contributed by atoms with E-state index in [1.54, 1.807) is 12.1 Å². The summed E-state index contributed by atoms with van der Waals surface area (Å²) in [5.41, 5.74) is 2.74. The quantitative estimate of drug-likeness (QED) is 0.841. The number of hydrogen-bond acceptors (Lipinski definition) is 4. The number of amides is 2. The zero-order chi connectivity index (χ0) is 20.7. The van der Waals surface area contributed by atoms with Crippen molar-refractivity contribution in [2.45, 2.75) is 25.4 Å². The number of fused-ring (bicyclic) bond motifs is 1. The van der Waals surface area contributed by atoms with Gasteiger partial charge in [-0.05, 0) is 42.3 Å². The summed E-state index contributed by atoms with van der Waals surface area (Å²) in [7, 11) is 0. The van der Waals surface area contributed by atoms with Crippen molar-refractivity contribution in [2.75, 3.05) is 49.1 Å². The second-order valence-electron chi connectivity index (χ2n) is 8.14. The smallest absolute Gasteiger partial charge is 0.323 e. The highest BCUT2D eigenvalue weighted by Gasteiger charge is 2.50. The Labute approximate surface area is 176 Å². The number of nitrogens with one attached hydrogen (secondary N) is 1. The van der Waals surface area contributed by atoms with Gasteiger partial charge in [0.15, 0.2) is 0 Å².